The van der Waals surface area contributed by atoms with Gasteiger partial charge in [-0.15, -0.1) is 0 Å². The zero-order chi connectivity index (χ0) is 13.4. The van der Waals surface area contributed by atoms with Crippen LogP contribution in [-0.2, 0) is 9.31 Å². The predicted octanol–water partition coefficient (Wildman–Crippen LogP) is 2.87. The molecule has 0 spiro atoms. The van der Waals surface area contributed by atoms with Crippen LogP contribution in [0, 0.1) is 17.3 Å². The van der Waals surface area contributed by atoms with E-state index in [0.717, 1.165) is 31.7 Å². The van der Waals surface area contributed by atoms with Crippen LogP contribution in [0.25, 0.3) is 0 Å². The summed E-state index contributed by atoms with van der Waals surface area (Å²) < 4.78 is 14.6. The number of rotatable bonds is 1. The van der Waals surface area contributed by atoms with E-state index in [1.807, 2.05) is 4.42 Å². The van der Waals surface area contributed by atoms with Gasteiger partial charge in [0.05, 0.1) is 17.6 Å². The van der Waals surface area contributed by atoms with Crippen LogP contribution in [0.5, 0.6) is 0 Å². The fraction of sp³-hybridized carbons (Fsp3) is 1.00. The number of nitrogens with zero attached hydrogens (tertiary/aromatic N) is 1. The minimum Gasteiger partial charge on any atom is -0.404 e. The summed E-state index contributed by atoms with van der Waals surface area (Å²) in [6.45, 7) is 7.99. The maximum absolute atomic E-state index is 6.36. The second-order valence-electron chi connectivity index (χ2n) is 7.75. The fourth-order valence-electron chi connectivity index (χ4n) is 4.93. The zero-order valence-electron chi connectivity index (χ0n) is 12.1. The highest BCUT2D eigenvalue weighted by Gasteiger charge is 2.67. The van der Waals surface area contributed by atoms with Crippen LogP contribution in [0.4, 0.5) is 0 Å². The van der Waals surface area contributed by atoms with Gasteiger partial charge >= 0.3 is 7.12 Å². The van der Waals surface area contributed by atoms with Crippen LogP contribution in [0.3, 0.4) is 0 Å². The van der Waals surface area contributed by atoms with Crippen LogP contribution in [0.1, 0.15) is 46.5 Å². The van der Waals surface area contributed by atoms with Crippen LogP contribution in [0.2, 0.25) is 0 Å². The average molecular weight is 284 g/mol. The normalized spacial score (nSPS) is 52.1. The largest absolute Gasteiger partial charge is 0.477 e. The molecule has 2 aliphatic heterocycles. The summed E-state index contributed by atoms with van der Waals surface area (Å²) in [5, 5.41) is 0. The summed E-state index contributed by atoms with van der Waals surface area (Å²) in [6.07, 6.45) is 4.97. The van der Waals surface area contributed by atoms with Crippen LogP contribution in [0.15, 0.2) is 0 Å². The molecule has 3 saturated carbocycles. The molecule has 5 aliphatic rings. The third kappa shape index (κ3) is 1.63. The molecule has 5 rings (SSSR count). The van der Waals surface area contributed by atoms with Gasteiger partial charge < -0.3 is 9.31 Å². The van der Waals surface area contributed by atoms with Gasteiger partial charge in [0.1, 0.15) is 0 Å². The molecule has 0 radical (unpaired) electrons. The van der Waals surface area contributed by atoms with Crippen molar-refractivity contribution in [1.29, 1.82) is 0 Å². The van der Waals surface area contributed by atoms with Crippen molar-refractivity contribution < 1.29 is 9.31 Å². The highest BCUT2D eigenvalue weighted by atomic mass is 35.5. The molecule has 106 valence electrons. The van der Waals surface area contributed by atoms with Crippen LogP contribution < -0.4 is 0 Å². The van der Waals surface area contributed by atoms with Gasteiger partial charge in [-0.2, -0.15) is 0 Å². The molecule has 5 atom stereocenters. The zero-order valence-corrected chi connectivity index (χ0v) is 12.8. The van der Waals surface area contributed by atoms with Gasteiger partial charge in [-0.3, -0.25) is 0 Å². The van der Waals surface area contributed by atoms with Gasteiger partial charge in [0.2, 0.25) is 0 Å². The van der Waals surface area contributed by atoms with Crippen molar-refractivity contribution in [3.63, 3.8) is 0 Å². The van der Waals surface area contributed by atoms with Crippen molar-refractivity contribution in [3.05, 3.63) is 0 Å². The van der Waals surface area contributed by atoms with E-state index in [0.29, 0.717) is 11.3 Å². The maximum atomic E-state index is 6.36. The third-order valence-corrected chi connectivity index (χ3v) is 6.80. The fourth-order valence-corrected chi connectivity index (χ4v) is 5.24. The molecule has 2 bridgehead atoms. The first kappa shape index (κ1) is 12.9. The minimum atomic E-state index is -0.120. The van der Waals surface area contributed by atoms with E-state index in [9.17, 15) is 0 Å². The van der Waals surface area contributed by atoms with E-state index >= 15 is 0 Å². The Hall–Kier alpha value is 0.235. The molecule has 0 amide bonds. The van der Waals surface area contributed by atoms with Crippen LogP contribution >= 0.6 is 11.8 Å². The molecular formula is C14H23BClNO2. The first-order valence-corrected chi connectivity index (χ1v) is 8.01. The van der Waals surface area contributed by atoms with E-state index in [4.69, 9.17) is 21.1 Å². The van der Waals surface area contributed by atoms with Gasteiger partial charge in [0.25, 0.3) is 0 Å². The Bertz CT molecular complexity index is 407. The van der Waals surface area contributed by atoms with E-state index in [1.165, 1.54) is 6.42 Å². The Morgan fingerprint density at radius 2 is 2.11 bits per heavy atom. The van der Waals surface area contributed by atoms with E-state index in [-0.39, 0.29) is 24.8 Å². The second-order valence-corrected chi connectivity index (χ2v) is 8.19. The van der Waals surface area contributed by atoms with E-state index < -0.39 is 0 Å². The predicted molar refractivity (Wildman–Crippen MR) is 75.7 cm³/mol. The summed E-state index contributed by atoms with van der Waals surface area (Å²) >= 11 is 6.28. The summed E-state index contributed by atoms with van der Waals surface area (Å²) in [5.74, 6) is 1.70. The summed E-state index contributed by atoms with van der Waals surface area (Å²) in [5.41, 5.74) is 0.354. The molecule has 2 heterocycles. The molecule has 19 heavy (non-hydrogen) atoms. The lowest BCUT2D eigenvalue weighted by atomic mass is 9.45. The van der Waals surface area contributed by atoms with Gasteiger partial charge in [-0.05, 0) is 61.6 Å². The molecule has 2 saturated heterocycles. The minimum absolute atomic E-state index is 0.0753. The molecule has 0 aromatic heterocycles. The topological polar surface area (TPSA) is 21.7 Å². The molecule has 3 aliphatic carbocycles. The van der Waals surface area contributed by atoms with Crippen LogP contribution in [-0.4, -0.2) is 35.7 Å². The van der Waals surface area contributed by atoms with Gasteiger partial charge in [0.15, 0.2) is 0 Å². The molecule has 5 heteroatoms. The lowest BCUT2D eigenvalue weighted by Crippen LogP contribution is -2.63. The second kappa shape index (κ2) is 3.91. The molecule has 0 N–H and O–H groups in total. The Morgan fingerprint density at radius 3 is 2.74 bits per heavy atom. The molecule has 3 nitrogen and oxygen atoms in total. The number of hydrogen-bond acceptors (Lipinski definition) is 3. The first-order chi connectivity index (χ1) is 8.92. The molecule has 0 aromatic carbocycles. The van der Waals surface area contributed by atoms with E-state index in [1.54, 1.807) is 0 Å². The molecule has 5 fully saturated rings. The highest BCUT2D eigenvalue weighted by Crippen LogP contribution is 2.64. The lowest BCUT2D eigenvalue weighted by Gasteiger charge is -2.63. The highest BCUT2D eigenvalue weighted by molar-refractivity contribution is 6.48. The smallest absolute Gasteiger partial charge is 0.404 e. The van der Waals surface area contributed by atoms with Crippen molar-refractivity contribution in [1.82, 2.24) is 4.42 Å². The monoisotopic (exact) mass is 283 g/mol. The quantitative estimate of drug-likeness (QED) is 0.546. The molecular weight excluding hydrogens is 260 g/mol. The Balaban J connectivity index is 1.56. The van der Waals surface area contributed by atoms with Gasteiger partial charge in [-0.25, -0.2) is 4.42 Å². The first-order valence-electron chi connectivity index (χ1n) is 7.67. The van der Waals surface area contributed by atoms with E-state index in [2.05, 4.69) is 20.8 Å². The Labute approximate surface area is 121 Å². The Kier molecular flexibility index (Phi) is 2.66. The molecule has 4 unspecified atom stereocenters. The van der Waals surface area contributed by atoms with Crippen molar-refractivity contribution in [2.45, 2.75) is 64.1 Å². The third-order valence-electron chi connectivity index (χ3n) is 6.38. The lowest BCUT2D eigenvalue weighted by molar-refractivity contribution is -0.185. The summed E-state index contributed by atoms with van der Waals surface area (Å²) in [4.78, 5) is 0. The molecule has 0 aromatic rings. The van der Waals surface area contributed by atoms with Crippen molar-refractivity contribution >= 4 is 18.9 Å². The summed E-state index contributed by atoms with van der Waals surface area (Å²) in [6, 6.07) is 0. The standard InChI is InChI=1S/C14H23BClNO2/c1-13(2)9-7-10(13)12-14(3,8-9)19-15(18-12)11-5-4-6-17(11)16/h9-12H,4-8H2,1-3H3/t9?,10?,11-,12?,14?/m0/s1. The SMILES string of the molecule is CC12CC3CC(C1OB([C@@H]1CCCN1Cl)O2)C3(C)C. The Morgan fingerprint density at radius 1 is 1.32 bits per heavy atom. The van der Waals surface area contributed by atoms with Crippen molar-refractivity contribution in [2.24, 2.45) is 17.3 Å². The van der Waals surface area contributed by atoms with Gasteiger partial charge in [0, 0.05) is 6.54 Å². The maximum Gasteiger partial charge on any atom is 0.477 e. The van der Waals surface area contributed by atoms with Crippen molar-refractivity contribution in [2.75, 3.05) is 6.54 Å². The average Bonchev–Trinajstić information content (AvgIpc) is 2.90. The summed E-state index contributed by atoms with van der Waals surface area (Å²) in [7, 11) is -0.120. The number of hydrogen-bond donors (Lipinski definition) is 0. The van der Waals surface area contributed by atoms with Crippen molar-refractivity contribution in [3.8, 4) is 0 Å². The number of halogens is 1. The van der Waals surface area contributed by atoms with Gasteiger partial charge in [-0.1, -0.05) is 13.8 Å².